The Morgan fingerprint density at radius 3 is 2.27 bits per heavy atom. The molecule has 0 heterocycles. The molecule has 0 aliphatic carbocycles. The van der Waals surface area contributed by atoms with Crippen molar-refractivity contribution >= 4 is 17.5 Å². The van der Waals surface area contributed by atoms with Crippen LogP contribution in [0.5, 0.6) is 0 Å². The predicted molar refractivity (Wildman–Crippen MR) is 93.9 cm³/mol. The minimum Gasteiger partial charge on any atom is -0.481 e. The predicted octanol–water partition coefficient (Wildman–Crippen LogP) is 5.47. The van der Waals surface area contributed by atoms with Crippen LogP contribution in [0.3, 0.4) is 0 Å². The first-order valence-electron chi connectivity index (χ1n) is 7.68. The van der Waals surface area contributed by atoms with Gasteiger partial charge < -0.3 is 4.74 Å². The highest BCUT2D eigenvalue weighted by Crippen LogP contribution is 2.27. The second kappa shape index (κ2) is 8.60. The Morgan fingerprint density at radius 1 is 1.05 bits per heavy atom. The molecule has 1 N–H and O–H groups in total. The minimum atomic E-state index is -0.0106. The summed E-state index contributed by atoms with van der Waals surface area (Å²) in [6.07, 6.45) is 1.72. The van der Waals surface area contributed by atoms with E-state index in [1.54, 1.807) is 0 Å². The van der Waals surface area contributed by atoms with Crippen LogP contribution in [-0.4, -0.2) is 18.4 Å². The van der Waals surface area contributed by atoms with Gasteiger partial charge in [-0.05, 0) is 36.5 Å². The zero-order chi connectivity index (χ0) is 15.8. The summed E-state index contributed by atoms with van der Waals surface area (Å²) in [5, 5.41) is 8.11. The van der Waals surface area contributed by atoms with Gasteiger partial charge >= 0.3 is 0 Å². The molecule has 0 saturated heterocycles. The van der Waals surface area contributed by atoms with Crippen molar-refractivity contribution in [1.82, 2.24) is 0 Å². The van der Waals surface area contributed by atoms with Gasteiger partial charge in [0.1, 0.15) is 0 Å². The zero-order valence-electron chi connectivity index (χ0n) is 12.9. The lowest BCUT2D eigenvalue weighted by Crippen LogP contribution is -2.15. The summed E-state index contributed by atoms with van der Waals surface area (Å²) in [7, 11) is 0. The van der Waals surface area contributed by atoms with E-state index in [0.717, 1.165) is 18.4 Å². The molecule has 2 aromatic rings. The highest BCUT2D eigenvalue weighted by atomic mass is 35.5. The monoisotopic (exact) mass is 315 g/mol. The van der Waals surface area contributed by atoms with Crippen molar-refractivity contribution in [2.75, 3.05) is 12.5 Å². The quantitative estimate of drug-likeness (QED) is 0.410. The lowest BCUT2D eigenvalue weighted by atomic mass is 9.92. The first kappa shape index (κ1) is 16.6. The Labute approximate surface area is 137 Å². The van der Waals surface area contributed by atoms with Crippen LogP contribution in [-0.2, 0) is 4.74 Å². The van der Waals surface area contributed by atoms with Crippen LogP contribution < -0.4 is 0 Å². The maximum Gasteiger partial charge on any atom is 0.188 e. The van der Waals surface area contributed by atoms with Crippen LogP contribution in [0.2, 0.25) is 0 Å². The lowest BCUT2D eigenvalue weighted by Gasteiger charge is -2.18. The van der Waals surface area contributed by atoms with E-state index in [1.807, 2.05) is 25.1 Å². The van der Waals surface area contributed by atoms with Crippen molar-refractivity contribution in [1.29, 1.82) is 5.41 Å². The molecule has 3 heteroatoms. The van der Waals surface area contributed by atoms with Crippen LogP contribution in [0.4, 0.5) is 0 Å². The normalized spacial score (nSPS) is 11.9. The summed E-state index contributed by atoms with van der Waals surface area (Å²) < 4.78 is 5.41. The summed E-state index contributed by atoms with van der Waals surface area (Å²) in [6, 6.07) is 18.7. The van der Waals surface area contributed by atoms with E-state index in [-0.39, 0.29) is 5.92 Å². The molecule has 2 aromatic carbocycles. The number of benzene rings is 2. The molecule has 0 aromatic heterocycles. The molecule has 0 radical (unpaired) electrons. The topological polar surface area (TPSA) is 33.1 Å². The minimum absolute atomic E-state index is 0.0106. The van der Waals surface area contributed by atoms with Crippen molar-refractivity contribution in [2.45, 2.75) is 25.7 Å². The van der Waals surface area contributed by atoms with E-state index in [0.29, 0.717) is 18.4 Å². The molecule has 1 unspecified atom stereocenters. The van der Waals surface area contributed by atoms with E-state index in [2.05, 4.69) is 36.4 Å². The molecule has 0 aliphatic rings. The molecule has 0 amide bonds. The number of hydrogen-bond donors (Lipinski definition) is 1. The first-order valence-corrected chi connectivity index (χ1v) is 8.22. The molecule has 0 aliphatic heterocycles. The van der Waals surface area contributed by atoms with E-state index in [1.165, 1.54) is 11.1 Å². The van der Waals surface area contributed by atoms with Gasteiger partial charge in [-0.3, -0.25) is 5.41 Å². The van der Waals surface area contributed by atoms with E-state index >= 15 is 0 Å². The van der Waals surface area contributed by atoms with Crippen LogP contribution in [0.1, 0.15) is 31.2 Å². The molecule has 0 fully saturated rings. The molecular formula is C19H22ClNO. The van der Waals surface area contributed by atoms with E-state index in [4.69, 9.17) is 21.7 Å². The van der Waals surface area contributed by atoms with Gasteiger partial charge in [0.25, 0.3) is 0 Å². The summed E-state index contributed by atoms with van der Waals surface area (Å²) in [6.45, 7) is 2.43. The Hall–Kier alpha value is -1.80. The summed E-state index contributed by atoms with van der Waals surface area (Å²) in [5.41, 5.74) is 3.50. The third-order valence-electron chi connectivity index (χ3n) is 3.66. The molecular weight excluding hydrogens is 294 g/mol. The lowest BCUT2D eigenvalue weighted by molar-refractivity contribution is 0.305. The second-order valence-electron chi connectivity index (χ2n) is 5.17. The number of halogens is 1. The Kier molecular flexibility index (Phi) is 6.47. The van der Waals surface area contributed by atoms with E-state index < -0.39 is 0 Å². The molecule has 0 saturated carbocycles. The van der Waals surface area contributed by atoms with Gasteiger partial charge in [-0.15, -0.1) is 11.6 Å². The average molecular weight is 316 g/mol. The average Bonchev–Trinajstić information content (AvgIpc) is 2.57. The van der Waals surface area contributed by atoms with Crippen molar-refractivity contribution < 1.29 is 4.74 Å². The molecule has 0 spiro atoms. The molecule has 2 rings (SSSR count). The molecule has 1 atom stereocenters. The maximum absolute atomic E-state index is 8.11. The van der Waals surface area contributed by atoms with Crippen LogP contribution in [0.25, 0.3) is 11.1 Å². The van der Waals surface area contributed by atoms with Gasteiger partial charge in [0, 0.05) is 5.88 Å². The van der Waals surface area contributed by atoms with Gasteiger partial charge in [0.2, 0.25) is 0 Å². The van der Waals surface area contributed by atoms with Gasteiger partial charge in [0.05, 0.1) is 12.5 Å². The fraction of sp³-hybridized carbons (Fsp3) is 0.316. The highest BCUT2D eigenvalue weighted by molar-refractivity contribution is 6.17. The highest BCUT2D eigenvalue weighted by Gasteiger charge is 2.18. The van der Waals surface area contributed by atoms with Gasteiger partial charge in [0.15, 0.2) is 5.90 Å². The number of alkyl halides is 1. The van der Waals surface area contributed by atoms with Crippen LogP contribution >= 0.6 is 11.6 Å². The third-order valence-corrected chi connectivity index (χ3v) is 3.93. The largest absolute Gasteiger partial charge is 0.481 e. The first-order chi connectivity index (χ1) is 10.8. The van der Waals surface area contributed by atoms with Gasteiger partial charge in [-0.25, -0.2) is 0 Å². The van der Waals surface area contributed by atoms with Crippen molar-refractivity contribution in [3.63, 3.8) is 0 Å². The number of hydrogen-bond acceptors (Lipinski definition) is 2. The van der Waals surface area contributed by atoms with Crippen LogP contribution in [0, 0.1) is 5.41 Å². The molecule has 0 bridgehead atoms. The molecule has 22 heavy (non-hydrogen) atoms. The van der Waals surface area contributed by atoms with Gasteiger partial charge in [-0.2, -0.15) is 0 Å². The second-order valence-corrected chi connectivity index (χ2v) is 5.55. The van der Waals surface area contributed by atoms with Crippen molar-refractivity contribution in [3.8, 4) is 11.1 Å². The van der Waals surface area contributed by atoms with Crippen molar-refractivity contribution in [3.05, 3.63) is 60.2 Å². The summed E-state index contributed by atoms with van der Waals surface area (Å²) >= 11 is 5.81. The Bertz CT molecular complexity index is 580. The molecule has 2 nitrogen and oxygen atoms in total. The van der Waals surface area contributed by atoms with Gasteiger partial charge in [-0.1, -0.05) is 54.6 Å². The molecule has 116 valence electrons. The summed E-state index contributed by atoms with van der Waals surface area (Å²) in [4.78, 5) is 0. The maximum atomic E-state index is 8.11. The standard InChI is InChI=1S/C19H22ClNO/c1-2-22-19(21)18(9-6-14-20)17-12-10-16(11-13-17)15-7-4-3-5-8-15/h3-5,7-8,10-13,18,21H,2,6,9,14H2,1H3. The SMILES string of the molecule is CCOC(=N)C(CCCCl)c1ccc(-c2ccccc2)cc1. The van der Waals surface area contributed by atoms with Crippen LogP contribution in [0.15, 0.2) is 54.6 Å². The fourth-order valence-corrected chi connectivity index (χ4v) is 2.68. The Balaban J connectivity index is 2.19. The smallest absolute Gasteiger partial charge is 0.188 e. The summed E-state index contributed by atoms with van der Waals surface area (Å²) in [5.74, 6) is 0.932. The Morgan fingerprint density at radius 2 is 1.68 bits per heavy atom. The number of ether oxygens (including phenoxy) is 1. The van der Waals surface area contributed by atoms with Crippen molar-refractivity contribution in [2.24, 2.45) is 0 Å². The van der Waals surface area contributed by atoms with E-state index in [9.17, 15) is 0 Å². The number of rotatable bonds is 7. The fourth-order valence-electron chi connectivity index (χ4n) is 2.52. The third kappa shape index (κ3) is 4.35. The zero-order valence-corrected chi connectivity index (χ0v) is 13.6. The number of nitrogens with one attached hydrogen (secondary N) is 1.